The number of carbonyl (C=O) groups is 1. The molecular formula is C23H33N7O2. The lowest BCUT2D eigenvalue weighted by atomic mass is 10.1. The molecule has 9 nitrogen and oxygen atoms in total. The van der Waals surface area contributed by atoms with Crippen LogP contribution in [0, 0.1) is 5.92 Å². The Labute approximate surface area is 188 Å². The minimum atomic E-state index is -0.317. The van der Waals surface area contributed by atoms with Crippen LogP contribution in [0.4, 0.5) is 17.2 Å². The van der Waals surface area contributed by atoms with Gasteiger partial charge in [-0.2, -0.15) is 0 Å². The van der Waals surface area contributed by atoms with Crippen LogP contribution in [-0.2, 0) is 0 Å². The Morgan fingerprint density at radius 3 is 2.56 bits per heavy atom. The number of imidazole rings is 1. The quantitative estimate of drug-likeness (QED) is 0.359. The van der Waals surface area contributed by atoms with Crippen LogP contribution in [-0.4, -0.2) is 49.3 Å². The zero-order valence-electron chi connectivity index (χ0n) is 19.2. The Hall–Kier alpha value is -3.20. The number of nitrogens with one attached hydrogen (secondary N) is 3. The van der Waals surface area contributed by atoms with Crippen LogP contribution in [0.2, 0.25) is 0 Å². The second-order valence-corrected chi connectivity index (χ2v) is 8.23. The Kier molecular flexibility index (Phi) is 7.99. The third-order valence-corrected chi connectivity index (χ3v) is 5.46. The molecule has 0 aliphatic carbocycles. The van der Waals surface area contributed by atoms with Crippen molar-refractivity contribution in [2.24, 2.45) is 5.92 Å². The molecular weight excluding hydrogens is 406 g/mol. The van der Waals surface area contributed by atoms with E-state index in [9.17, 15) is 9.90 Å². The van der Waals surface area contributed by atoms with Gasteiger partial charge >= 0.3 is 0 Å². The van der Waals surface area contributed by atoms with E-state index in [1.165, 1.54) is 6.20 Å². The van der Waals surface area contributed by atoms with E-state index in [1.54, 1.807) is 29.0 Å². The molecule has 2 unspecified atom stereocenters. The Morgan fingerprint density at radius 1 is 1.19 bits per heavy atom. The van der Waals surface area contributed by atoms with E-state index in [4.69, 9.17) is 0 Å². The number of anilines is 3. The van der Waals surface area contributed by atoms with E-state index in [2.05, 4.69) is 44.9 Å². The van der Waals surface area contributed by atoms with E-state index in [1.807, 2.05) is 19.9 Å². The summed E-state index contributed by atoms with van der Waals surface area (Å²) in [6, 6.07) is 5.46. The fourth-order valence-corrected chi connectivity index (χ4v) is 3.49. The number of aliphatic hydroxyl groups is 1. The molecule has 3 aromatic heterocycles. The lowest BCUT2D eigenvalue weighted by Crippen LogP contribution is -2.30. The van der Waals surface area contributed by atoms with E-state index < -0.39 is 0 Å². The highest BCUT2D eigenvalue weighted by Gasteiger charge is 2.20. The van der Waals surface area contributed by atoms with Crippen LogP contribution in [0.15, 0.2) is 36.8 Å². The lowest BCUT2D eigenvalue weighted by molar-refractivity contribution is 0.102. The van der Waals surface area contributed by atoms with Gasteiger partial charge in [0.1, 0.15) is 5.82 Å². The molecule has 2 atom stereocenters. The molecule has 172 valence electrons. The first kappa shape index (κ1) is 23.5. The number of aliphatic hydroxyl groups excluding tert-OH is 1. The summed E-state index contributed by atoms with van der Waals surface area (Å²) in [5.74, 6) is 0.539. The van der Waals surface area contributed by atoms with Crippen LogP contribution in [0.1, 0.15) is 57.4 Å². The first-order valence-electron chi connectivity index (χ1n) is 11.2. The van der Waals surface area contributed by atoms with Gasteiger partial charge in [-0.15, -0.1) is 5.10 Å². The van der Waals surface area contributed by atoms with Crippen LogP contribution in [0.5, 0.6) is 0 Å². The van der Waals surface area contributed by atoms with Gasteiger partial charge in [0.25, 0.3) is 5.91 Å². The second kappa shape index (κ2) is 10.9. The van der Waals surface area contributed by atoms with Gasteiger partial charge in [0.05, 0.1) is 24.5 Å². The Balaban J connectivity index is 2.01. The minimum Gasteiger partial charge on any atom is -0.394 e. The summed E-state index contributed by atoms with van der Waals surface area (Å²) in [6.45, 7) is 8.35. The normalized spacial score (nSPS) is 13.2. The molecule has 0 saturated carbocycles. The topological polar surface area (TPSA) is 116 Å². The van der Waals surface area contributed by atoms with Gasteiger partial charge < -0.3 is 21.1 Å². The summed E-state index contributed by atoms with van der Waals surface area (Å²) in [6.07, 6.45) is 7.78. The molecule has 0 bridgehead atoms. The number of fused-ring (bicyclic) bond motifs is 1. The predicted molar refractivity (Wildman–Crippen MR) is 127 cm³/mol. The highest BCUT2D eigenvalue weighted by Crippen LogP contribution is 2.24. The van der Waals surface area contributed by atoms with Crippen molar-refractivity contribution >= 4 is 28.7 Å². The molecule has 0 saturated heterocycles. The molecule has 1 amide bonds. The number of hydrogen-bond acceptors (Lipinski definition) is 7. The number of hydrogen-bond donors (Lipinski definition) is 4. The Morgan fingerprint density at radius 2 is 1.94 bits per heavy atom. The maximum Gasteiger partial charge on any atom is 0.276 e. The van der Waals surface area contributed by atoms with Crippen molar-refractivity contribution in [3.63, 3.8) is 0 Å². The smallest absolute Gasteiger partial charge is 0.276 e. The third-order valence-electron chi connectivity index (χ3n) is 5.46. The zero-order valence-corrected chi connectivity index (χ0v) is 19.2. The summed E-state index contributed by atoms with van der Waals surface area (Å²) >= 11 is 0. The maximum absolute atomic E-state index is 13.0. The van der Waals surface area contributed by atoms with Crippen molar-refractivity contribution in [2.75, 3.05) is 22.6 Å². The molecule has 32 heavy (non-hydrogen) atoms. The zero-order chi connectivity index (χ0) is 23.1. The average Bonchev–Trinajstić information content (AvgIpc) is 3.21. The summed E-state index contributed by atoms with van der Waals surface area (Å²) in [7, 11) is 0. The van der Waals surface area contributed by atoms with E-state index in [0.29, 0.717) is 28.5 Å². The summed E-state index contributed by atoms with van der Waals surface area (Å²) in [4.78, 5) is 21.4. The van der Waals surface area contributed by atoms with Crippen molar-refractivity contribution in [3.05, 3.63) is 42.5 Å². The van der Waals surface area contributed by atoms with E-state index in [0.717, 1.165) is 19.3 Å². The molecule has 0 aliphatic heterocycles. The van der Waals surface area contributed by atoms with Gasteiger partial charge in [-0.25, -0.2) is 9.50 Å². The number of pyridine rings is 1. The number of rotatable bonds is 11. The molecule has 3 aromatic rings. The molecule has 0 fully saturated rings. The number of aromatic nitrogens is 4. The van der Waals surface area contributed by atoms with Gasteiger partial charge in [0, 0.05) is 30.2 Å². The monoisotopic (exact) mass is 439 g/mol. The summed E-state index contributed by atoms with van der Waals surface area (Å²) in [5.41, 5.74) is 2.20. The van der Waals surface area contributed by atoms with Gasteiger partial charge in [0.2, 0.25) is 0 Å². The number of amides is 1. The van der Waals surface area contributed by atoms with Crippen molar-refractivity contribution in [1.29, 1.82) is 0 Å². The Bertz CT molecular complexity index is 1020. The third kappa shape index (κ3) is 5.53. The van der Waals surface area contributed by atoms with E-state index >= 15 is 0 Å². The summed E-state index contributed by atoms with van der Waals surface area (Å²) < 4.78 is 1.55. The van der Waals surface area contributed by atoms with Gasteiger partial charge in [0.15, 0.2) is 11.3 Å². The van der Waals surface area contributed by atoms with E-state index in [-0.39, 0.29) is 30.5 Å². The maximum atomic E-state index is 13.0. The average molecular weight is 440 g/mol. The van der Waals surface area contributed by atoms with Crippen molar-refractivity contribution in [3.8, 4) is 0 Å². The first-order chi connectivity index (χ1) is 15.5. The molecule has 9 heteroatoms. The standard InChI is InChI=1S/C23H33N7O2/c1-5-7-16(6-2)26-21-12-18(28-19(14-31)15(3)4)22-25-13-20(30(22)29-21)23(32)27-17-8-10-24-11-9-17/h8-13,15-16,19,28,31H,5-7,14H2,1-4H3,(H,26,29)(H,24,27,32). The van der Waals surface area contributed by atoms with Crippen LogP contribution >= 0.6 is 0 Å². The van der Waals surface area contributed by atoms with Crippen molar-refractivity contribution < 1.29 is 9.90 Å². The molecule has 3 rings (SSSR count). The van der Waals surface area contributed by atoms with Crippen molar-refractivity contribution in [1.82, 2.24) is 19.6 Å². The summed E-state index contributed by atoms with van der Waals surface area (Å²) in [5, 5.41) is 24.2. The van der Waals surface area contributed by atoms with Crippen molar-refractivity contribution in [2.45, 2.75) is 59.0 Å². The molecule has 0 spiro atoms. The van der Waals surface area contributed by atoms with Gasteiger partial charge in [-0.1, -0.05) is 34.1 Å². The number of nitrogens with zero attached hydrogens (tertiary/aromatic N) is 4. The molecule has 3 heterocycles. The van der Waals surface area contributed by atoms with Crippen LogP contribution < -0.4 is 16.0 Å². The SMILES string of the molecule is CCCC(CC)Nc1cc(NC(CO)C(C)C)c2ncc(C(=O)Nc3ccncc3)n2n1. The highest BCUT2D eigenvalue weighted by molar-refractivity contribution is 6.03. The molecule has 0 radical (unpaired) electrons. The number of carbonyl (C=O) groups excluding carboxylic acids is 1. The molecule has 4 N–H and O–H groups in total. The molecule has 0 aromatic carbocycles. The predicted octanol–water partition coefficient (Wildman–Crippen LogP) is 3.80. The largest absolute Gasteiger partial charge is 0.394 e. The minimum absolute atomic E-state index is 0.0155. The first-order valence-corrected chi connectivity index (χ1v) is 11.2. The fourth-order valence-electron chi connectivity index (χ4n) is 3.49. The van der Waals surface area contributed by atoms with Gasteiger partial charge in [-0.05, 0) is 30.9 Å². The van der Waals surface area contributed by atoms with Gasteiger partial charge in [-0.3, -0.25) is 9.78 Å². The fraction of sp³-hybridized carbons (Fsp3) is 0.478. The highest BCUT2D eigenvalue weighted by atomic mass is 16.3. The lowest BCUT2D eigenvalue weighted by Gasteiger charge is -2.23. The van der Waals surface area contributed by atoms with Crippen LogP contribution in [0.3, 0.4) is 0 Å². The van der Waals surface area contributed by atoms with Crippen LogP contribution in [0.25, 0.3) is 5.65 Å². The second-order valence-electron chi connectivity index (χ2n) is 8.23. The molecule has 0 aliphatic rings.